The third-order valence-electron chi connectivity index (χ3n) is 8.07. The highest BCUT2D eigenvalue weighted by Crippen LogP contribution is 2.74. The summed E-state index contributed by atoms with van der Waals surface area (Å²) >= 11 is 0. The van der Waals surface area contributed by atoms with Crippen LogP contribution in [-0.4, -0.2) is 37.7 Å². The normalized spacial score (nSPS) is 42.1. The molecular formula is C23H32O6. The molecule has 3 fully saturated rings. The smallest absolute Gasteiger partial charge is 0.333 e. The van der Waals surface area contributed by atoms with Crippen molar-refractivity contribution in [2.75, 3.05) is 7.11 Å². The molecule has 0 aromatic rings. The van der Waals surface area contributed by atoms with Gasteiger partial charge < -0.3 is 18.9 Å². The second-order valence-electron chi connectivity index (χ2n) is 9.55. The van der Waals surface area contributed by atoms with Crippen LogP contribution in [0.5, 0.6) is 0 Å². The lowest BCUT2D eigenvalue weighted by Crippen LogP contribution is -2.53. The van der Waals surface area contributed by atoms with Crippen molar-refractivity contribution in [3.05, 3.63) is 23.3 Å². The first-order valence-corrected chi connectivity index (χ1v) is 10.6. The fourth-order valence-electron chi connectivity index (χ4n) is 6.73. The number of carbonyl (C=O) groups is 2. The molecule has 1 spiro atoms. The van der Waals surface area contributed by atoms with Crippen LogP contribution < -0.4 is 0 Å². The summed E-state index contributed by atoms with van der Waals surface area (Å²) in [5.41, 5.74) is 1.52. The van der Waals surface area contributed by atoms with Gasteiger partial charge in [0.2, 0.25) is 6.29 Å². The van der Waals surface area contributed by atoms with Gasteiger partial charge in [-0.15, -0.1) is 0 Å². The maximum Gasteiger partial charge on any atom is 0.333 e. The van der Waals surface area contributed by atoms with Crippen molar-refractivity contribution in [2.45, 2.75) is 72.6 Å². The highest BCUT2D eigenvalue weighted by molar-refractivity contribution is 5.87. The van der Waals surface area contributed by atoms with Crippen LogP contribution in [-0.2, 0) is 28.5 Å². The van der Waals surface area contributed by atoms with Crippen LogP contribution in [0.15, 0.2) is 23.3 Å². The van der Waals surface area contributed by atoms with Gasteiger partial charge in [-0.2, -0.15) is 0 Å². The number of hydrogen-bond acceptors (Lipinski definition) is 6. The van der Waals surface area contributed by atoms with Crippen LogP contribution in [0.4, 0.5) is 0 Å². The van der Waals surface area contributed by atoms with Gasteiger partial charge in [0.15, 0.2) is 6.29 Å². The molecule has 1 aliphatic heterocycles. The van der Waals surface area contributed by atoms with E-state index in [1.54, 1.807) is 20.1 Å². The van der Waals surface area contributed by atoms with Gasteiger partial charge in [-0.05, 0) is 56.1 Å². The zero-order chi connectivity index (χ0) is 21.1. The van der Waals surface area contributed by atoms with Crippen molar-refractivity contribution < 1.29 is 28.5 Å². The van der Waals surface area contributed by atoms with E-state index in [2.05, 4.69) is 19.9 Å². The number of methoxy groups -OCH3 is 1. The molecule has 0 aromatic carbocycles. The van der Waals surface area contributed by atoms with Crippen LogP contribution in [0.2, 0.25) is 0 Å². The number of ether oxygens (including phenoxy) is 4. The Morgan fingerprint density at radius 1 is 1.17 bits per heavy atom. The molecule has 2 bridgehead atoms. The van der Waals surface area contributed by atoms with Crippen molar-refractivity contribution in [3.8, 4) is 0 Å². The molecule has 0 aromatic heterocycles. The number of fused-ring (bicyclic) bond motifs is 1. The van der Waals surface area contributed by atoms with Gasteiger partial charge in [0.25, 0.3) is 0 Å². The Morgan fingerprint density at radius 2 is 1.90 bits per heavy atom. The SMILES string of the molecule is C/C=C(/C)C(=O)O[C@H]1C=C2[C@@H](OC)O[C@H](OC(C)=O)[C@H]3CC[C@@H]4C(C)(C)[C@@H]1C[C@]234. The molecule has 6 heteroatoms. The summed E-state index contributed by atoms with van der Waals surface area (Å²) in [4.78, 5) is 24.2. The third kappa shape index (κ3) is 2.82. The van der Waals surface area contributed by atoms with Gasteiger partial charge in [0.05, 0.1) is 0 Å². The summed E-state index contributed by atoms with van der Waals surface area (Å²) in [5.74, 6) is 0.101. The summed E-state index contributed by atoms with van der Waals surface area (Å²) in [6.45, 7) is 9.61. The van der Waals surface area contributed by atoms with Gasteiger partial charge in [-0.25, -0.2) is 4.79 Å². The van der Waals surface area contributed by atoms with Crippen LogP contribution in [0.3, 0.4) is 0 Å². The van der Waals surface area contributed by atoms with Crippen molar-refractivity contribution in [1.29, 1.82) is 0 Å². The molecule has 160 valence electrons. The number of carbonyl (C=O) groups excluding carboxylic acids is 2. The fourth-order valence-corrected chi connectivity index (χ4v) is 6.73. The van der Waals surface area contributed by atoms with Gasteiger partial charge in [0, 0.05) is 36.9 Å². The number of hydrogen-bond donors (Lipinski definition) is 0. The van der Waals surface area contributed by atoms with Gasteiger partial charge in [-0.1, -0.05) is 19.9 Å². The fraction of sp³-hybridized carbons (Fsp3) is 0.739. The lowest BCUT2D eigenvalue weighted by atomic mass is 9.63. The number of allylic oxidation sites excluding steroid dienone is 1. The third-order valence-corrected chi connectivity index (χ3v) is 8.07. The summed E-state index contributed by atoms with van der Waals surface area (Å²) in [6.07, 6.45) is 5.23. The first-order valence-electron chi connectivity index (χ1n) is 10.6. The van der Waals surface area contributed by atoms with E-state index >= 15 is 0 Å². The van der Waals surface area contributed by atoms with E-state index in [9.17, 15) is 9.59 Å². The molecule has 0 amide bonds. The molecule has 29 heavy (non-hydrogen) atoms. The van der Waals surface area contributed by atoms with Crippen molar-refractivity contribution >= 4 is 11.9 Å². The van der Waals surface area contributed by atoms with Crippen molar-refractivity contribution in [3.63, 3.8) is 0 Å². The summed E-state index contributed by atoms with van der Waals surface area (Å²) < 4.78 is 23.4. The second kappa shape index (κ2) is 6.95. The summed E-state index contributed by atoms with van der Waals surface area (Å²) in [5, 5.41) is 0. The Kier molecular flexibility index (Phi) is 4.94. The topological polar surface area (TPSA) is 71.1 Å². The Labute approximate surface area is 172 Å². The van der Waals surface area contributed by atoms with E-state index < -0.39 is 12.6 Å². The van der Waals surface area contributed by atoms with Crippen LogP contribution >= 0.6 is 0 Å². The highest BCUT2D eigenvalue weighted by atomic mass is 16.8. The van der Waals surface area contributed by atoms with Crippen LogP contribution in [0, 0.1) is 28.6 Å². The Balaban J connectivity index is 1.77. The Hall–Kier alpha value is -1.66. The van der Waals surface area contributed by atoms with Crippen LogP contribution in [0.25, 0.3) is 0 Å². The molecule has 6 nitrogen and oxygen atoms in total. The minimum absolute atomic E-state index is 0.0157. The molecule has 1 saturated heterocycles. The molecule has 2 saturated carbocycles. The van der Waals surface area contributed by atoms with E-state index in [0.717, 1.165) is 24.8 Å². The molecule has 1 heterocycles. The van der Waals surface area contributed by atoms with Gasteiger partial charge in [-0.3, -0.25) is 4.79 Å². The molecule has 0 radical (unpaired) electrons. The zero-order valence-corrected chi connectivity index (χ0v) is 18.2. The number of rotatable bonds is 4. The maximum absolute atomic E-state index is 12.5. The van der Waals surface area contributed by atoms with E-state index in [-0.39, 0.29) is 40.7 Å². The molecule has 3 aliphatic carbocycles. The molecule has 4 rings (SSSR count). The minimum Gasteiger partial charge on any atom is -0.454 e. The summed E-state index contributed by atoms with van der Waals surface area (Å²) in [6, 6.07) is 0. The van der Waals surface area contributed by atoms with Crippen LogP contribution in [0.1, 0.15) is 53.9 Å². The first kappa shape index (κ1) is 20.6. The van der Waals surface area contributed by atoms with E-state index in [1.807, 2.05) is 6.92 Å². The average Bonchev–Trinajstić information content (AvgIpc) is 3.13. The van der Waals surface area contributed by atoms with Gasteiger partial charge in [0.1, 0.15) is 6.10 Å². The van der Waals surface area contributed by atoms with Crippen molar-refractivity contribution in [2.24, 2.45) is 28.6 Å². The number of esters is 2. The second-order valence-corrected chi connectivity index (χ2v) is 9.55. The summed E-state index contributed by atoms with van der Waals surface area (Å²) in [7, 11) is 1.61. The quantitative estimate of drug-likeness (QED) is 0.404. The molecular weight excluding hydrogens is 372 g/mol. The van der Waals surface area contributed by atoms with E-state index in [1.165, 1.54) is 6.92 Å². The highest BCUT2D eigenvalue weighted by Gasteiger charge is 2.72. The lowest BCUT2D eigenvalue weighted by Gasteiger charge is -2.50. The molecule has 0 unspecified atom stereocenters. The Bertz CT molecular complexity index is 780. The monoisotopic (exact) mass is 404 g/mol. The molecule has 4 aliphatic rings. The maximum atomic E-state index is 12.5. The predicted octanol–water partition coefficient (Wildman–Crippen LogP) is 3.76. The lowest BCUT2D eigenvalue weighted by molar-refractivity contribution is -0.274. The zero-order valence-electron chi connectivity index (χ0n) is 18.2. The first-order chi connectivity index (χ1) is 13.7. The minimum atomic E-state index is -0.602. The molecule has 0 N–H and O–H groups in total. The largest absolute Gasteiger partial charge is 0.454 e. The van der Waals surface area contributed by atoms with E-state index in [4.69, 9.17) is 18.9 Å². The standard InChI is InChI=1S/C23H32O6/c1-7-12(2)19(25)28-17-10-15-20(26-6)29-21(27-13(3)24)14-8-9-18-22(4,5)16(17)11-23(14,15)18/h7,10,14,16-18,20-21H,8-9,11H2,1-6H3/b12-7-/t14-,16-,17+,18-,20+,21+,23-/m1/s1. The van der Waals surface area contributed by atoms with Crippen molar-refractivity contribution in [1.82, 2.24) is 0 Å². The van der Waals surface area contributed by atoms with E-state index in [0.29, 0.717) is 11.5 Å². The van der Waals surface area contributed by atoms with Gasteiger partial charge >= 0.3 is 11.9 Å². The average molecular weight is 405 g/mol. The molecule has 7 atom stereocenters. The Morgan fingerprint density at radius 3 is 2.52 bits per heavy atom. The predicted molar refractivity (Wildman–Crippen MR) is 105 cm³/mol.